The van der Waals surface area contributed by atoms with Crippen molar-refractivity contribution in [2.24, 2.45) is 0 Å². The van der Waals surface area contributed by atoms with E-state index in [1.54, 1.807) is 0 Å². The van der Waals surface area contributed by atoms with Gasteiger partial charge in [0, 0.05) is 19.0 Å². The minimum Gasteiger partial charge on any atom is -0.469 e. The Morgan fingerprint density at radius 2 is 2.29 bits per heavy atom. The van der Waals surface area contributed by atoms with Crippen molar-refractivity contribution >= 4 is 5.97 Å². The second-order valence-electron chi connectivity index (χ2n) is 4.58. The Morgan fingerprint density at radius 1 is 1.53 bits per heavy atom. The number of hydrogen-bond donors (Lipinski definition) is 1. The monoisotopic (exact) mass is 241 g/mol. The molecule has 0 saturated carbocycles. The van der Waals surface area contributed by atoms with Gasteiger partial charge >= 0.3 is 5.97 Å². The minimum atomic E-state index is -0.195. The lowest BCUT2D eigenvalue weighted by Crippen LogP contribution is -2.31. The fraction of sp³-hybridized carbons (Fsp3) is 0.769. The fourth-order valence-electron chi connectivity index (χ4n) is 2.14. The molecule has 0 aromatic carbocycles. The zero-order valence-electron chi connectivity index (χ0n) is 10.8. The third-order valence-corrected chi connectivity index (χ3v) is 3.31. The summed E-state index contributed by atoms with van der Waals surface area (Å²) in [7, 11) is 3.46. The highest BCUT2D eigenvalue weighted by Gasteiger charge is 2.28. The zero-order chi connectivity index (χ0) is 12.7. The van der Waals surface area contributed by atoms with Crippen LogP contribution in [0, 0.1) is 0 Å². The Balaban J connectivity index is 2.11. The van der Waals surface area contributed by atoms with Crippen molar-refractivity contribution in [1.29, 1.82) is 0 Å². The molecule has 1 rings (SSSR count). The third kappa shape index (κ3) is 4.88. The van der Waals surface area contributed by atoms with E-state index >= 15 is 0 Å². The molecule has 2 unspecified atom stereocenters. The van der Waals surface area contributed by atoms with Crippen molar-refractivity contribution in [2.75, 3.05) is 20.7 Å². The Morgan fingerprint density at radius 3 is 2.88 bits per heavy atom. The van der Waals surface area contributed by atoms with Crippen LogP contribution in [0.5, 0.6) is 0 Å². The molecule has 0 aromatic rings. The molecule has 1 fully saturated rings. The molecular weight excluding hydrogens is 218 g/mol. The molecule has 0 aliphatic carbocycles. The van der Waals surface area contributed by atoms with E-state index in [-0.39, 0.29) is 18.1 Å². The summed E-state index contributed by atoms with van der Waals surface area (Å²) in [4.78, 5) is 13.1. The molecule has 0 amide bonds. The normalized spacial score (nSPS) is 25.6. The summed E-state index contributed by atoms with van der Waals surface area (Å²) in [6.07, 6.45) is 7.95. The minimum absolute atomic E-state index is 0.149. The van der Waals surface area contributed by atoms with Crippen molar-refractivity contribution in [2.45, 2.75) is 44.2 Å². The maximum absolute atomic E-state index is 10.9. The maximum atomic E-state index is 10.9. The molecule has 0 spiro atoms. The first-order valence-electron chi connectivity index (χ1n) is 6.25. The summed E-state index contributed by atoms with van der Waals surface area (Å²) in [6.45, 7) is 0.974. The van der Waals surface area contributed by atoms with Crippen LogP contribution in [0.4, 0.5) is 0 Å². The average Bonchev–Trinajstić information content (AvgIpc) is 2.64. The highest BCUT2D eigenvalue weighted by atomic mass is 16.5. The number of esters is 1. The van der Waals surface area contributed by atoms with Gasteiger partial charge in [-0.25, -0.2) is 0 Å². The summed E-state index contributed by atoms with van der Waals surface area (Å²) in [5, 5.41) is 9.73. The zero-order valence-corrected chi connectivity index (χ0v) is 10.8. The van der Waals surface area contributed by atoms with Crippen LogP contribution in [0.1, 0.15) is 32.1 Å². The van der Waals surface area contributed by atoms with Crippen molar-refractivity contribution < 1.29 is 14.6 Å². The van der Waals surface area contributed by atoms with Gasteiger partial charge in [0.15, 0.2) is 0 Å². The van der Waals surface area contributed by atoms with Gasteiger partial charge in [0.05, 0.1) is 13.2 Å². The van der Waals surface area contributed by atoms with Crippen LogP contribution in [0.3, 0.4) is 0 Å². The predicted octanol–water partition coefficient (Wildman–Crippen LogP) is 1.34. The number of carbonyl (C=O) groups is 1. The van der Waals surface area contributed by atoms with Gasteiger partial charge in [-0.3, -0.25) is 4.79 Å². The van der Waals surface area contributed by atoms with Gasteiger partial charge < -0.3 is 14.7 Å². The molecule has 1 saturated heterocycles. The number of ether oxygens (including phenoxy) is 1. The van der Waals surface area contributed by atoms with Gasteiger partial charge in [-0.1, -0.05) is 12.2 Å². The van der Waals surface area contributed by atoms with E-state index in [9.17, 15) is 9.90 Å². The van der Waals surface area contributed by atoms with Gasteiger partial charge in [-0.15, -0.1) is 0 Å². The molecular formula is C13H23NO3. The Hall–Kier alpha value is -0.870. The first-order valence-corrected chi connectivity index (χ1v) is 6.25. The molecule has 1 aliphatic rings. The van der Waals surface area contributed by atoms with Crippen molar-refractivity contribution in [1.82, 2.24) is 4.90 Å². The number of carbonyl (C=O) groups excluding carboxylic acids is 1. The smallest absolute Gasteiger partial charge is 0.305 e. The first-order chi connectivity index (χ1) is 8.15. The number of allylic oxidation sites excluding steroid dienone is 1. The number of methoxy groups -OCH3 is 1. The van der Waals surface area contributed by atoms with Gasteiger partial charge in [0.25, 0.3) is 0 Å². The van der Waals surface area contributed by atoms with E-state index in [4.69, 9.17) is 0 Å². The largest absolute Gasteiger partial charge is 0.469 e. The number of likely N-dealkylation sites (N-methyl/N-ethyl adjacent to an activating group) is 1. The Kier molecular flexibility index (Phi) is 6.22. The van der Waals surface area contributed by atoms with Crippen molar-refractivity contribution in [3.05, 3.63) is 12.2 Å². The van der Waals surface area contributed by atoms with Crippen LogP contribution in [0.15, 0.2) is 12.2 Å². The van der Waals surface area contributed by atoms with E-state index in [2.05, 4.69) is 21.8 Å². The topological polar surface area (TPSA) is 49.8 Å². The maximum Gasteiger partial charge on any atom is 0.305 e. The predicted molar refractivity (Wildman–Crippen MR) is 66.7 cm³/mol. The highest BCUT2D eigenvalue weighted by Crippen LogP contribution is 2.19. The highest BCUT2D eigenvalue weighted by molar-refractivity contribution is 5.68. The first kappa shape index (κ1) is 14.2. The molecule has 17 heavy (non-hydrogen) atoms. The summed E-state index contributed by atoms with van der Waals surface area (Å²) in [5.74, 6) is -0.149. The van der Waals surface area contributed by atoms with Crippen molar-refractivity contribution in [3.8, 4) is 0 Å². The number of unbranched alkanes of at least 4 members (excludes halogenated alkanes) is 1. The Bertz CT molecular complexity index is 255. The molecule has 4 heteroatoms. The molecule has 0 aromatic heterocycles. The number of hydrogen-bond acceptors (Lipinski definition) is 4. The van der Waals surface area contributed by atoms with Crippen LogP contribution in [0.25, 0.3) is 0 Å². The second-order valence-corrected chi connectivity index (χ2v) is 4.58. The molecule has 1 N–H and O–H groups in total. The van der Waals surface area contributed by atoms with Crippen LogP contribution < -0.4 is 0 Å². The summed E-state index contributed by atoms with van der Waals surface area (Å²) in [5.41, 5.74) is 0. The molecule has 0 bridgehead atoms. The standard InChI is InChI=1S/C13H23NO3/c1-14-10-9-12(15)11(14)7-5-3-4-6-8-13(16)17-2/h3,5,11-12,15H,4,6-10H2,1-2H3/b5-3-. The lowest BCUT2D eigenvalue weighted by Gasteiger charge is -2.20. The lowest BCUT2D eigenvalue weighted by molar-refractivity contribution is -0.140. The van der Waals surface area contributed by atoms with Gasteiger partial charge in [-0.05, 0) is 32.7 Å². The number of nitrogens with zero attached hydrogens (tertiary/aromatic N) is 1. The van der Waals surface area contributed by atoms with Crippen LogP contribution in [-0.2, 0) is 9.53 Å². The molecule has 4 nitrogen and oxygen atoms in total. The van der Waals surface area contributed by atoms with E-state index in [1.165, 1.54) is 7.11 Å². The Labute approximate surface area is 103 Å². The van der Waals surface area contributed by atoms with E-state index in [0.717, 1.165) is 32.2 Å². The summed E-state index contributed by atoms with van der Waals surface area (Å²) >= 11 is 0. The van der Waals surface area contributed by atoms with Crippen molar-refractivity contribution in [3.63, 3.8) is 0 Å². The quantitative estimate of drug-likeness (QED) is 0.433. The van der Waals surface area contributed by atoms with Crippen LogP contribution >= 0.6 is 0 Å². The van der Waals surface area contributed by atoms with E-state index in [1.807, 2.05) is 7.05 Å². The number of aliphatic hydroxyl groups excluding tert-OH is 1. The fourth-order valence-corrected chi connectivity index (χ4v) is 2.14. The van der Waals surface area contributed by atoms with E-state index in [0.29, 0.717) is 6.42 Å². The number of likely N-dealkylation sites (tertiary alicyclic amines) is 1. The van der Waals surface area contributed by atoms with E-state index < -0.39 is 0 Å². The van der Waals surface area contributed by atoms with Gasteiger partial charge in [0.1, 0.15) is 0 Å². The second kappa shape index (κ2) is 7.45. The summed E-state index contributed by atoms with van der Waals surface area (Å²) in [6, 6.07) is 0.256. The number of aliphatic hydroxyl groups is 1. The molecule has 1 aliphatic heterocycles. The average molecular weight is 241 g/mol. The van der Waals surface area contributed by atoms with Crippen LogP contribution in [0.2, 0.25) is 0 Å². The van der Waals surface area contributed by atoms with Crippen LogP contribution in [-0.4, -0.2) is 48.8 Å². The van der Waals surface area contributed by atoms with Gasteiger partial charge in [0.2, 0.25) is 0 Å². The SMILES string of the molecule is COC(=O)CCC/C=C\CC1C(O)CCN1C. The molecule has 2 atom stereocenters. The molecule has 98 valence electrons. The number of rotatable bonds is 6. The molecule has 1 heterocycles. The van der Waals surface area contributed by atoms with Gasteiger partial charge in [-0.2, -0.15) is 0 Å². The third-order valence-electron chi connectivity index (χ3n) is 3.31. The lowest BCUT2D eigenvalue weighted by atomic mass is 10.1. The summed E-state index contributed by atoms with van der Waals surface area (Å²) < 4.78 is 4.56. The molecule has 0 radical (unpaired) electrons.